The molecular weight excluding hydrogens is 208 g/mol. The third-order valence-electron chi connectivity index (χ3n) is 3.72. The van der Waals surface area contributed by atoms with Crippen molar-refractivity contribution in [2.45, 2.75) is 33.1 Å². The lowest BCUT2D eigenvalue weighted by atomic mass is 10.0. The molecule has 0 aromatic heterocycles. The number of nitrogens with one attached hydrogen (secondary N) is 1. The first-order valence-corrected chi connectivity index (χ1v) is 6.33. The summed E-state index contributed by atoms with van der Waals surface area (Å²) in [6.07, 6.45) is 3.18. The largest absolute Gasteiger partial charge is 0.315 e. The Bertz CT molecular complexity index is 439. The van der Waals surface area contributed by atoms with E-state index in [1.54, 1.807) is 0 Å². The van der Waals surface area contributed by atoms with Gasteiger partial charge in [-0.2, -0.15) is 5.26 Å². The van der Waals surface area contributed by atoms with Crippen LogP contribution in [0.1, 0.15) is 29.5 Å². The SMILES string of the molecule is Cc1ccc(CCNCC2(C#N)CC2)cc1C. The van der Waals surface area contributed by atoms with E-state index in [-0.39, 0.29) is 5.41 Å². The van der Waals surface area contributed by atoms with E-state index in [1.165, 1.54) is 16.7 Å². The van der Waals surface area contributed by atoms with Gasteiger partial charge in [0.15, 0.2) is 0 Å². The van der Waals surface area contributed by atoms with Crippen LogP contribution in [-0.2, 0) is 6.42 Å². The van der Waals surface area contributed by atoms with Crippen molar-refractivity contribution >= 4 is 0 Å². The number of nitrogens with zero attached hydrogens (tertiary/aromatic N) is 1. The van der Waals surface area contributed by atoms with Crippen molar-refractivity contribution < 1.29 is 0 Å². The van der Waals surface area contributed by atoms with Crippen LogP contribution in [0.5, 0.6) is 0 Å². The number of hydrogen-bond acceptors (Lipinski definition) is 2. The molecule has 0 radical (unpaired) electrons. The second-order valence-corrected chi connectivity index (χ2v) is 5.24. The number of rotatable bonds is 5. The summed E-state index contributed by atoms with van der Waals surface area (Å²) in [6, 6.07) is 9.04. The van der Waals surface area contributed by atoms with Crippen molar-refractivity contribution in [3.63, 3.8) is 0 Å². The number of benzene rings is 1. The minimum Gasteiger partial charge on any atom is -0.315 e. The smallest absolute Gasteiger partial charge is 0.0703 e. The van der Waals surface area contributed by atoms with E-state index in [0.717, 1.165) is 32.4 Å². The first-order chi connectivity index (χ1) is 8.15. The molecule has 0 heterocycles. The second-order valence-electron chi connectivity index (χ2n) is 5.24. The molecule has 0 unspecified atom stereocenters. The van der Waals surface area contributed by atoms with Crippen LogP contribution < -0.4 is 5.32 Å². The number of nitriles is 1. The van der Waals surface area contributed by atoms with Gasteiger partial charge in [-0.3, -0.25) is 0 Å². The Labute approximate surface area is 104 Å². The van der Waals surface area contributed by atoms with Gasteiger partial charge in [0.05, 0.1) is 11.5 Å². The normalized spacial score (nSPS) is 16.5. The van der Waals surface area contributed by atoms with Crippen LogP contribution in [-0.4, -0.2) is 13.1 Å². The zero-order valence-electron chi connectivity index (χ0n) is 10.7. The molecular formula is C15H20N2. The van der Waals surface area contributed by atoms with Gasteiger partial charge in [0.1, 0.15) is 0 Å². The maximum atomic E-state index is 8.95. The Balaban J connectivity index is 1.75. The minimum absolute atomic E-state index is 0.0246. The highest BCUT2D eigenvalue weighted by Crippen LogP contribution is 2.43. The van der Waals surface area contributed by atoms with Crippen molar-refractivity contribution in [1.29, 1.82) is 5.26 Å². The standard InChI is InChI=1S/C15H20N2/c1-12-3-4-14(9-13(12)2)5-8-17-11-15(10-16)6-7-15/h3-4,9,17H,5-8,11H2,1-2H3. The summed E-state index contributed by atoms with van der Waals surface area (Å²) < 4.78 is 0. The quantitative estimate of drug-likeness (QED) is 0.787. The highest BCUT2D eigenvalue weighted by molar-refractivity contribution is 5.30. The van der Waals surface area contributed by atoms with Gasteiger partial charge in [-0.25, -0.2) is 0 Å². The fourth-order valence-corrected chi connectivity index (χ4v) is 2.00. The number of hydrogen-bond donors (Lipinski definition) is 1. The molecule has 1 aliphatic carbocycles. The molecule has 0 bridgehead atoms. The van der Waals surface area contributed by atoms with E-state index >= 15 is 0 Å². The van der Waals surface area contributed by atoms with Gasteiger partial charge in [-0.15, -0.1) is 0 Å². The maximum Gasteiger partial charge on any atom is 0.0703 e. The minimum atomic E-state index is -0.0246. The molecule has 2 heteroatoms. The number of aryl methyl sites for hydroxylation is 2. The predicted octanol–water partition coefficient (Wildman–Crippen LogP) is 2.74. The highest BCUT2D eigenvalue weighted by atomic mass is 14.9. The van der Waals surface area contributed by atoms with E-state index < -0.39 is 0 Å². The van der Waals surface area contributed by atoms with Crippen LogP contribution in [0.4, 0.5) is 0 Å². The van der Waals surface area contributed by atoms with Gasteiger partial charge in [-0.05, 0) is 56.3 Å². The molecule has 2 nitrogen and oxygen atoms in total. The first-order valence-electron chi connectivity index (χ1n) is 6.33. The van der Waals surface area contributed by atoms with Gasteiger partial charge < -0.3 is 5.32 Å². The van der Waals surface area contributed by atoms with E-state index in [1.807, 2.05) is 0 Å². The maximum absolute atomic E-state index is 8.95. The molecule has 0 saturated heterocycles. The summed E-state index contributed by atoms with van der Waals surface area (Å²) in [7, 11) is 0. The average Bonchev–Trinajstić information content (AvgIpc) is 3.10. The summed E-state index contributed by atoms with van der Waals surface area (Å²) in [5.74, 6) is 0. The molecule has 90 valence electrons. The van der Waals surface area contributed by atoms with Gasteiger partial charge in [-0.1, -0.05) is 18.2 Å². The van der Waals surface area contributed by atoms with Crippen LogP contribution >= 0.6 is 0 Å². The molecule has 1 N–H and O–H groups in total. The Hall–Kier alpha value is -1.33. The lowest BCUT2D eigenvalue weighted by Gasteiger charge is -2.09. The van der Waals surface area contributed by atoms with Gasteiger partial charge in [0.2, 0.25) is 0 Å². The molecule has 1 aromatic carbocycles. The third-order valence-corrected chi connectivity index (χ3v) is 3.72. The summed E-state index contributed by atoms with van der Waals surface area (Å²) in [5, 5.41) is 12.3. The first kappa shape index (κ1) is 12.1. The third kappa shape index (κ3) is 3.08. The molecule has 17 heavy (non-hydrogen) atoms. The molecule has 0 spiro atoms. The molecule has 0 amide bonds. The highest BCUT2D eigenvalue weighted by Gasteiger charge is 2.42. The van der Waals surface area contributed by atoms with Crippen LogP contribution in [0, 0.1) is 30.6 Å². The van der Waals surface area contributed by atoms with E-state index in [4.69, 9.17) is 5.26 Å². The van der Waals surface area contributed by atoms with Crippen LogP contribution in [0.15, 0.2) is 18.2 Å². The van der Waals surface area contributed by atoms with Gasteiger partial charge in [0.25, 0.3) is 0 Å². The van der Waals surface area contributed by atoms with E-state index in [0.29, 0.717) is 0 Å². The fourth-order valence-electron chi connectivity index (χ4n) is 2.00. The van der Waals surface area contributed by atoms with Crippen LogP contribution in [0.3, 0.4) is 0 Å². The Morgan fingerprint density at radius 2 is 2.06 bits per heavy atom. The fraction of sp³-hybridized carbons (Fsp3) is 0.533. The zero-order chi connectivity index (χ0) is 12.3. The van der Waals surface area contributed by atoms with Crippen LogP contribution in [0.2, 0.25) is 0 Å². The Kier molecular flexibility index (Phi) is 3.49. The van der Waals surface area contributed by atoms with Crippen molar-refractivity contribution in [2.24, 2.45) is 5.41 Å². The molecule has 2 rings (SSSR count). The van der Waals surface area contributed by atoms with Crippen LogP contribution in [0.25, 0.3) is 0 Å². The topological polar surface area (TPSA) is 35.8 Å². The van der Waals surface area contributed by atoms with Crippen molar-refractivity contribution in [3.05, 3.63) is 34.9 Å². The molecule has 0 aliphatic heterocycles. The lowest BCUT2D eigenvalue weighted by molar-refractivity contribution is 0.560. The monoisotopic (exact) mass is 228 g/mol. The van der Waals surface area contributed by atoms with Gasteiger partial charge >= 0.3 is 0 Å². The molecule has 0 atom stereocenters. The van der Waals surface area contributed by atoms with Crippen molar-refractivity contribution in [3.8, 4) is 6.07 Å². The Morgan fingerprint density at radius 3 is 2.65 bits per heavy atom. The molecule has 1 saturated carbocycles. The summed E-state index contributed by atoms with van der Waals surface area (Å²) in [4.78, 5) is 0. The predicted molar refractivity (Wildman–Crippen MR) is 69.8 cm³/mol. The van der Waals surface area contributed by atoms with Crippen molar-refractivity contribution in [1.82, 2.24) is 5.32 Å². The molecule has 1 aliphatic rings. The van der Waals surface area contributed by atoms with Crippen molar-refractivity contribution in [2.75, 3.05) is 13.1 Å². The summed E-state index contributed by atoms with van der Waals surface area (Å²) in [6.45, 7) is 6.11. The lowest BCUT2D eigenvalue weighted by Crippen LogP contribution is -2.25. The molecule has 1 aromatic rings. The van der Waals surface area contributed by atoms with Gasteiger partial charge in [0, 0.05) is 6.54 Å². The zero-order valence-corrected chi connectivity index (χ0v) is 10.7. The summed E-state index contributed by atoms with van der Waals surface area (Å²) >= 11 is 0. The molecule has 1 fully saturated rings. The second kappa shape index (κ2) is 4.89. The van der Waals surface area contributed by atoms with E-state index in [2.05, 4.69) is 43.4 Å². The summed E-state index contributed by atoms with van der Waals surface area (Å²) in [5.41, 5.74) is 4.06. The Morgan fingerprint density at radius 1 is 1.29 bits per heavy atom. The van der Waals surface area contributed by atoms with E-state index in [9.17, 15) is 0 Å². The average molecular weight is 228 g/mol.